The summed E-state index contributed by atoms with van der Waals surface area (Å²) in [5.41, 5.74) is 21.6. The number of nitrogens with one attached hydrogen (secondary N) is 4. The number of allylic oxidation sites excluding steroid dienone is 2. The maximum atomic E-state index is 14.9. The summed E-state index contributed by atoms with van der Waals surface area (Å²) in [5, 5.41) is 26.7. The number of amides is 6. The van der Waals surface area contributed by atoms with Crippen molar-refractivity contribution in [2.24, 2.45) is 23.3 Å². The highest BCUT2D eigenvalue weighted by Gasteiger charge is 2.37. The van der Waals surface area contributed by atoms with Crippen molar-refractivity contribution in [1.82, 2.24) is 72.5 Å². The van der Waals surface area contributed by atoms with Crippen LogP contribution in [0.5, 0.6) is 11.5 Å². The highest BCUT2D eigenvalue weighted by atomic mass is 16.5. The summed E-state index contributed by atoms with van der Waals surface area (Å²) in [6.45, 7) is 12.4. The Morgan fingerprint density at radius 2 is 1.19 bits per heavy atom. The molecule has 0 bridgehead atoms. The third kappa shape index (κ3) is 13.9. The van der Waals surface area contributed by atoms with E-state index in [4.69, 9.17) is 60.5 Å². The minimum atomic E-state index is -0.726. The number of primary amides is 2. The molecular weight excluding hydrogens is 1340 g/mol. The van der Waals surface area contributed by atoms with Gasteiger partial charge in [-0.3, -0.25) is 64.1 Å². The number of imidazole rings is 4. The number of fused-ring (bicyclic) bond motifs is 9. The van der Waals surface area contributed by atoms with Crippen molar-refractivity contribution in [3.8, 4) is 11.5 Å². The number of aromatic nitrogens is 15. The number of oxazole rings is 1. The third-order valence-corrected chi connectivity index (χ3v) is 19.9. The molecule has 0 spiro atoms. The molecule has 8 aromatic heterocycles. The van der Waals surface area contributed by atoms with Gasteiger partial charge in [0, 0.05) is 75.8 Å². The number of benzene rings is 4. The second-order valence-corrected chi connectivity index (χ2v) is 27.0. The number of para-hydroxylation sites is 4. The topological polar surface area (TPSA) is 372 Å². The number of hydrogen-bond donors (Lipinski definition) is 6. The monoisotopic (exact) mass is 1420 g/mol. The molecule has 3 aliphatic rings. The van der Waals surface area contributed by atoms with Gasteiger partial charge in [-0.05, 0) is 158 Å². The van der Waals surface area contributed by atoms with Crippen LogP contribution in [0.1, 0.15) is 162 Å². The van der Waals surface area contributed by atoms with E-state index in [1.165, 1.54) is 18.2 Å². The van der Waals surface area contributed by atoms with Gasteiger partial charge >= 0.3 is 0 Å². The average molecular weight is 1420 g/mol. The van der Waals surface area contributed by atoms with Crippen molar-refractivity contribution in [2.45, 2.75) is 151 Å². The summed E-state index contributed by atoms with van der Waals surface area (Å²) in [4.78, 5) is 108. The number of rotatable bonds is 12. The van der Waals surface area contributed by atoms with Crippen molar-refractivity contribution in [1.29, 1.82) is 0 Å². The van der Waals surface area contributed by atoms with Crippen molar-refractivity contribution in [3.05, 3.63) is 165 Å². The normalized spacial score (nSPS) is 16.5. The van der Waals surface area contributed by atoms with Gasteiger partial charge in [0.1, 0.15) is 39.6 Å². The van der Waals surface area contributed by atoms with Gasteiger partial charge in [-0.1, -0.05) is 42.8 Å². The molecule has 8 N–H and O–H groups in total. The van der Waals surface area contributed by atoms with Gasteiger partial charge in [-0.25, -0.2) is 24.9 Å². The molecule has 30 nitrogen and oxygen atoms in total. The average Bonchev–Trinajstić information content (AvgIpc) is 1.69. The summed E-state index contributed by atoms with van der Waals surface area (Å²) in [5.74, 6) is -0.214. The van der Waals surface area contributed by atoms with Crippen molar-refractivity contribution in [2.75, 3.05) is 34.5 Å². The van der Waals surface area contributed by atoms with Gasteiger partial charge in [0.05, 0.1) is 69.1 Å². The number of carbonyl (C=O) groups is 6. The lowest BCUT2D eigenvalue weighted by Crippen LogP contribution is -2.21. The van der Waals surface area contributed by atoms with Crippen LogP contribution in [-0.4, -0.2) is 121 Å². The van der Waals surface area contributed by atoms with Crippen LogP contribution >= 0.6 is 0 Å². The van der Waals surface area contributed by atoms with E-state index in [0.29, 0.717) is 151 Å². The van der Waals surface area contributed by atoms with Gasteiger partial charge in [-0.2, -0.15) is 15.3 Å². The molecule has 1 fully saturated rings. The number of hydrogen-bond acceptors (Lipinski definition) is 17. The van der Waals surface area contributed by atoms with Crippen LogP contribution in [0.15, 0.2) is 101 Å². The standard InChI is InChI=1S/C75H81N21O9/c1-6-94-58(35-42(3)87-94)68(99)84-74-81-54-37-47(66(76)97)39-60-63(54)92(74)28-15-16-29-93-64-55(38-48(67(77)98)40-61(64)104-34-18-33-103-60)82-75(93)86-71(102)65-53(78-44(5)105-65)23-17-19-49-41-59-69(100)83-72-79-51-21-10-12-24-56(51)90(72)31-26-45-36-46(45)27-32-91-57-25-13-11-22-52(57)80-73(91)85-70(101)62-50(43(4)88-95(62)7-2)20-9-8-14-30-96(59)89-49/h10-13,15-16,21-22,24-25,35,37-41,45-46H,6-9,14,17-20,23,26-34,36H2,1-5H3,(H2,76,97)(H2,77,98)(H,79,83,100)(H,80,85,101)(H,81,84,99)(H,82,86,102)/b16-15-/t45-,46-/m0/s1. The molecule has 30 heteroatoms. The van der Waals surface area contributed by atoms with Gasteiger partial charge in [0.2, 0.25) is 41.4 Å². The van der Waals surface area contributed by atoms with E-state index in [2.05, 4.69) is 41.6 Å². The van der Waals surface area contributed by atoms with E-state index in [9.17, 15) is 28.8 Å². The minimum Gasteiger partial charge on any atom is -0.491 e. The number of nitrogens with zero attached hydrogens (tertiary/aromatic N) is 15. The van der Waals surface area contributed by atoms with Crippen LogP contribution in [0, 0.1) is 32.6 Å². The van der Waals surface area contributed by atoms with Gasteiger partial charge < -0.3 is 43.6 Å². The Bertz CT molecular complexity index is 5460. The third-order valence-electron chi connectivity index (χ3n) is 19.9. The zero-order chi connectivity index (χ0) is 72.7. The Morgan fingerprint density at radius 1 is 0.600 bits per heavy atom. The highest BCUT2D eigenvalue weighted by molar-refractivity contribution is 6.07. The molecular formula is C75H81N21O9. The molecule has 1 saturated carbocycles. The summed E-state index contributed by atoms with van der Waals surface area (Å²) >= 11 is 0. The first-order valence-electron chi connectivity index (χ1n) is 35.8. The lowest BCUT2D eigenvalue weighted by atomic mass is 10.0. The molecule has 10 heterocycles. The maximum absolute atomic E-state index is 14.9. The summed E-state index contributed by atoms with van der Waals surface area (Å²) in [6, 6.07) is 25.5. The number of carbonyl (C=O) groups excluding carboxylic acids is 6. The fourth-order valence-electron chi connectivity index (χ4n) is 14.7. The van der Waals surface area contributed by atoms with Crippen LogP contribution in [0.25, 0.3) is 44.1 Å². The molecule has 6 amide bonds. The predicted octanol–water partition coefficient (Wildman–Crippen LogP) is 10.3. The molecule has 2 aliphatic heterocycles. The van der Waals surface area contributed by atoms with Crippen LogP contribution in [0.3, 0.4) is 0 Å². The Hall–Kier alpha value is -12.2. The summed E-state index contributed by atoms with van der Waals surface area (Å²) in [7, 11) is 0. The number of aryl methyl sites for hydroxylation is 10. The molecule has 15 rings (SSSR count). The fraction of sp³-hybridized carbons (Fsp3) is 0.360. The fourth-order valence-corrected chi connectivity index (χ4v) is 14.7. The molecule has 540 valence electrons. The summed E-state index contributed by atoms with van der Waals surface area (Å²) in [6.07, 6.45) is 10.8. The Balaban J connectivity index is 0.686. The van der Waals surface area contributed by atoms with E-state index in [1.807, 2.05) is 81.5 Å². The van der Waals surface area contributed by atoms with E-state index in [0.717, 1.165) is 65.4 Å². The lowest BCUT2D eigenvalue weighted by Gasteiger charge is -2.13. The molecule has 0 saturated heterocycles. The molecule has 1 aliphatic carbocycles. The van der Waals surface area contributed by atoms with E-state index < -0.39 is 23.6 Å². The molecule has 2 atom stereocenters. The van der Waals surface area contributed by atoms with Crippen molar-refractivity contribution >= 4 is 103 Å². The molecule has 4 aromatic carbocycles. The van der Waals surface area contributed by atoms with Crippen LogP contribution in [-0.2, 0) is 65.1 Å². The minimum absolute atomic E-state index is 0.0388. The van der Waals surface area contributed by atoms with Crippen LogP contribution in [0.2, 0.25) is 0 Å². The van der Waals surface area contributed by atoms with Gasteiger partial charge in [-0.15, -0.1) is 0 Å². The van der Waals surface area contributed by atoms with E-state index in [-0.39, 0.29) is 85.0 Å². The first kappa shape index (κ1) is 68.5. The lowest BCUT2D eigenvalue weighted by molar-refractivity contribution is 0.0986. The Morgan fingerprint density at radius 3 is 1.79 bits per heavy atom. The van der Waals surface area contributed by atoms with E-state index in [1.54, 1.807) is 49.2 Å². The predicted molar refractivity (Wildman–Crippen MR) is 392 cm³/mol. The Labute approximate surface area is 601 Å². The van der Waals surface area contributed by atoms with E-state index >= 15 is 0 Å². The molecule has 0 unspecified atom stereocenters. The van der Waals surface area contributed by atoms with Crippen molar-refractivity contribution in [3.63, 3.8) is 0 Å². The maximum Gasteiger partial charge on any atom is 0.295 e. The zero-order valence-corrected chi connectivity index (χ0v) is 59.1. The second kappa shape index (κ2) is 28.9. The Kier molecular flexibility index (Phi) is 18.9. The summed E-state index contributed by atoms with van der Waals surface area (Å²) < 4.78 is 31.7. The number of anilines is 4. The second-order valence-electron chi connectivity index (χ2n) is 27.0. The molecule has 105 heavy (non-hydrogen) atoms. The van der Waals surface area contributed by atoms with Crippen LogP contribution in [0.4, 0.5) is 23.8 Å². The SMILES string of the molecule is CCn1nc(C)cc1C(=O)Nc1nc2cc(C(N)=O)cc3c2n1C/C=C\Cn1c(NC(=O)c2oc(C)nc2CCCc2cc4n(n2)CCCCCc2c(C)nn(CC)c2C(=O)Nc2nc5ccccc5n2CC[C@H]2C[C@@H]2CCn2c(nc5ccccc52)NC4=O)nc2cc(C(N)=O)cc(c21)OCCCO3. The molecule has 12 aromatic rings. The number of ether oxygens (including phenoxy) is 2. The van der Waals surface area contributed by atoms with Crippen molar-refractivity contribution < 1.29 is 42.7 Å². The van der Waals surface area contributed by atoms with Gasteiger partial charge in [0.15, 0.2) is 5.89 Å². The van der Waals surface area contributed by atoms with Gasteiger partial charge in [0.25, 0.3) is 23.6 Å². The highest BCUT2D eigenvalue weighted by Crippen LogP contribution is 2.45. The largest absolute Gasteiger partial charge is 0.491 e. The molecule has 0 radical (unpaired) electrons. The van der Waals surface area contributed by atoms with Crippen LogP contribution < -0.4 is 42.2 Å². The zero-order valence-electron chi connectivity index (χ0n) is 59.1. The first-order chi connectivity index (χ1) is 50.9. The number of nitrogens with two attached hydrogens (primary N) is 2. The smallest absolute Gasteiger partial charge is 0.295 e. The quantitative estimate of drug-likeness (QED) is 0.0619. The first-order valence-corrected chi connectivity index (χ1v) is 35.8.